The van der Waals surface area contributed by atoms with Crippen LogP contribution in [0.4, 0.5) is 15.8 Å². The summed E-state index contributed by atoms with van der Waals surface area (Å²) >= 11 is 11.6. The molecule has 10 heteroatoms. The first kappa shape index (κ1) is 19.6. The molecule has 26 heavy (non-hydrogen) atoms. The van der Waals surface area contributed by atoms with E-state index in [0.717, 1.165) is 18.2 Å². The van der Waals surface area contributed by atoms with Gasteiger partial charge in [-0.25, -0.2) is 4.39 Å². The number of halogens is 3. The van der Waals surface area contributed by atoms with Crippen molar-refractivity contribution in [3.63, 3.8) is 0 Å². The molecule has 2 rings (SSSR count). The number of esters is 1. The number of amides is 1. The highest BCUT2D eigenvalue weighted by Crippen LogP contribution is 2.23. The molecule has 0 spiro atoms. The molecule has 2 aromatic rings. The Balaban J connectivity index is 1.90. The molecule has 0 unspecified atom stereocenters. The number of non-ortho nitro benzene ring substituents is 1. The lowest BCUT2D eigenvalue weighted by molar-refractivity contribution is -0.384. The summed E-state index contributed by atoms with van der Waals surface area (Å²) in [4.78, 5) is 33.4. The van der Waals surface area contributed by atoms with Crippen molar-refractivity contribution in [2.75, 3.05) is 11.9 Å². The van der Waals surface area contributed by atoms with Gasteiger partial charge in [0.05, 0.1) is 27.1 Å². The average molecular weight is 401 g/mol. The lowest BCUT2D eigenvalue weighted by Crippen LogP contribution is -2.22. The van der Waals surface area contributed by atoms with Crippen molar-refractivity contribution in [3.8, 4) is 0 Å². The van der Waals surface area contributed by atoms with Crippen LogP contribution >= 0.6 is 23.2 Å². The first-order valence-corrected chi connectivity index (χ1v) is 7.85. The quantitative estimate of drug-likeness (QED) is 0.452. The number of nitrogens with one attached hydrogen (secondary N) is 1. The van der Waals surface area contributed by atoms with Crippen LogP contribution in [0.1, 0.15) is 5.56 Å². The van der Waals surface area contributed by atoms with Gasteiger partial charge in [-0.15, -0.1) is 0 Å². The van der Waals surface area contributed by atoms with Crippen LogP contribution in [0.3, 0.4) is 0 Å². The molecule has 7 nitrogen and oxygen atoms in total. The van der Waals surface area contributed by atoms with Crippen molar-refractivity contribution in [2.24, 2.45) is 0 Å². The van der Waals surface area contributed by atoms with Crippen LogP contribution < -0.4 is 5.32 Å². The first-order valence-electron chi connectivity index (χ1n) is 7.09. The number of hydrogen-bond donors (Lipinski definition) is 1. The van der Waals surface area contributed by atoms with E-state index < -0.39 is 34.9 Å². The Morgan fingerprint density at radius 2 is 1.88 bits per heavy atom. The molecule has 0 aromatic heterocycles. The SMILES string of the molecule is O=C(COC(=O)Cc1ccc(Cl)c(Cl)c1)Nc1cc([N+](=O)[O-])ccc1F. The van der Waals surface area contributed by atoms with Crippen LogP contribution in [0.15, 0.2) is 36.4 Å². The molecule has 0 bridgehead atoms. The van der Waals surface area contributed by atoms with E-state index >= 15 is 0 Å². The number of carbonyl (C=O) groups is 2. The fourth-order valence-electron chi connectivity index (χ4n) is 1.92. The van der Waals surface area contributed by atoms with Gasteiger partial charge >= 0.3 is 5.97 Å². The van der Waals surface area contributed by atoms with Crippen molar-refractivity contribution in [2.45, 2.75) is 6.42 Å². The molecule has 2 aromatic carbocycles. The van der Waals surface area contributed by atoms with Crippen molar-refractivity contribution >= 4 is 46.5 Å². The average Bonchev–Trinajstić information content (AvgIpc) is 2.58. The van der Waals surface area contributed by atoms with E-state index in [1.807, 2.05) is 0 Å². The molecule has 0 atom stereocenters. The number of benzene rings is 2. The zero-order chi connectivity index (χ0) is 19.3. The van der Waals surface area contributed by atoms with Gasteiger partial charge in [-0.3, -0.25) is 19.7 Å². The Morgan fingerprint density at radius 3 is 2.54 bits per heavy atom. The number of hydrogen-bond acceptors (Lipinski definition) is 5. The van der Waals surface area contributed by atoms with Crippen molar-refractivity contribution in [3.05, 3.63) is 67.9 Å². The summed E-state index contributed by atoms with van der Waals surface area (Å²) in [6.45, 7) is -0.678. The third kappa shape index (κ3) is 5.40. The summed E-state index contributed by atoms with van der Waals surface area (Å²) < 4.78 is 18.4. The lowest BCUT2D eigenvalue weighted by atomic mass is 10.1. The smallest absolute Gasteiger partial charge is 0.310 e. The number of carbonyl (C=O) groups excluding carboxylic acids is 2. The third-order valence-corrected chi connectivity index (χ3v) is 3.87. The van der Waals surface area contributed by atoms with E-state index in [1.165, 1.54) is 12.1 Å². The minimum atomic E-state index is -0.855. The van der Waals surface area contributed by atoms with Crippen molar-refractivity contribution in [1.29, 1.82) is 0 Å². The Hall–Kier alpha value is -2.71. The zero-order valence-electron chi connectivity index (χ0n) is 13.0. The van der Waals surface area contributed by atoms with Crippen molar-refractivity contribution < 1.29 is 23.6 Å². The largest absolute Gasteiger partial charge is 0.455 e. The molecular weight excluding hydrogens is 390 g/mol. The van der Waals surface area contributed by atoms with E-state index in [-0.39, 0.29) is 17.1 Å². The Kier molecular flexibility index (Phi) is 6.48. The maximum absolute atomic E-state index is 13.6. The molecule has 0 saturated heterocycles. The van der Waals surface area contributed by atoms with Crippen LogP contribution in [0.25, 0.3) is 0 Å². The van der Waals surface area contributed by atoms with E-state index in [1.54, 1.807) is 6.07 Å². The topological polar surface area (TPSA) is 98.5 Å². The highest BCUT2D eigenvalue weighted by molar-refractivity contribution is 6.42. The van der Waals surface area contributed by atoms with Gasteiger partial charge in [-0.1, -0.05) is 29.3 Å². The number of nitro benzene ring substituents is 1. The van der Waals surface area contributed by atoms with Crippen LogP contribution in [0.2, 0.25) is 10.0 Å². The summed E-state index contributed by atoms with van der Waals surface area (Å²) in [5.74, 6) is -2.41. The van der Waals surface area contributed by atoms with E-state index in [0.29, 0.717) is 10.6 Å². The summed E-state index contributed by atoms with van der Waals surface area (Å²) in [6.07, 6.45) is -0.144. The number of anilines is 1. The molecule has 0 aliphatic rings. The zero-order valence-corrected chi connectivity index (χ0v) is 14.5. The maximum Gasteiger partial charge on any atom is 0.310 e. The summed E-state index contributed by atoms with van der Waals surface area (Å²) in [7, 11) is 0. The molecule has 0 radical (unpaired) electrons. The number of rotatable bonds is 6. The predicted molar refractivity (Wildman–Crippen MR) is 92.8 cm³/mol. The fraction of sp³-hybridized carbons (Fsp3) is 0.125. The van der Waals surface area contributed by atoms with Gasteiger partial charge in [-0.05, 0) is 23.8 Å². The minimum absolute atomic E-state index is 0.144. The molecule has 0 saturated carbocycles. The molecular formula is C16H11Cl2FN2O5. The van der Waals surface area contributed by atoms with Gasteiger partial charge in [0.25, 0.3) is 11.6 Å². The van der Waals surface area contributed by atoms with Gasteiger partial charge in [0.15, 0.2) is 6.61 Å². The third-order valence-electron chi connectivity index (χ3n) is 3.13. The van der Waals surface area contributed by atoms with Gasteiger partial charge in [0.2, 0.25) is 0 Å². The predicted octanol–water partition coefficient (Wildman–Crippen LogP) is 3.77. The monoisotopic (exact) mass is 400 g/mol. The molecule has 1 amide bonds. The second-order valence-corrected chi connectivity index (χ2v) is 5.87. The fourth-order valence-corrected chi connectivity index (χ4v) is 2.24. The Bertz CT molecular complexity index is 876. The molecule has 1 N–H and O–H groups in total. The second-order valence-electron chi connectivity index (χ2n) is 5.06. The first-order chi connectivity index (χ1) is 12.3. The number of nitrogens with zero attached hydrogens (tertiary/aromatic N) is 1. The second kappa shape index (κ2) is 8.59. The van der Waals surface area contributed by atoms with Crippen molar-refractivity contribution in [1.82, 2.24) is 0 Å². The summed E-state index contributed by atoms with van der Waals surface area (Å²) in [5.41, 5.74) is -0.238. The number of nitro groups is 1. The minimum Gasteiger partial charge on any atom is -0.455 e. The normalized spacial score (nSPS) is 10.3. The van der Waals surface area contributed by atoms with Gasteiger partial charge in [0.1, 0.15) is 5.82 Å². The lowest BCUT2D eigenvalue weighted by Gasteiger charge is -2.08. The van der Waals surface area contributed by atoms with Gasteiger partial charge in [0, 0.05) is 12.1 Å². The summed E-state index contributed by atoms with van der Waals surface area (Å²) in [5, 5.41) is 13.4. The standard InChI is InChI=1S/C16H11Cl2FN2O5/c17-11-3-1-9(5-12(11)18)6-16(23)26-8-15(22)20-14-7-10(21(24)25)2-4-13(14)19/h1-5,7H,6,8H2,(H,20,22). The van der Waals surface area contributed by atoms with Crippen LogP contribution in [-0.4, -0.2) is 23.4 Å². The maximum atomic E-state index is 13.6. The Morgan fingerprint density at radius 1 is 1.15 bits per heavy atom. The van der Waals surface area contributed by atoms with E-state index in [2.05, 4.69) is 5.32 Å². The summed E-state index contributed by atoms with van der Waals surface area (Å²) in [6, 6.07) is 7.26. The Labute approximate surface area is 156 Å². The molecule has 136 valence electrons. The highest BCUT2D eigenvalue weighted by atomic mass is 35.5. The molecule has 0 aliphatic heterocycles. The van der Waals surface area contributed by atoms with Crippen LogP contribution in [0.5, 0.6) is 0 Å². The van der Waals surface area contributed by atoms with E-state index in [9.17, 15) is 24.1 Å². The van der Waals surface area contributed by atoms with Crippen LogP contribution in [-0.2, 0) is 20.7 Å². The molecule has 0 aliphatic carbocycles. The molecule has 0 heterocycles. The van der Waals surface area contributed by atoms with Crippen LogP contribution in [0, 0.1) is 15.9 Å². The highest BCUT2D eigenvalue weighted by Gasteiger charge is 2.15. The van der Waals surface area contributed by atoms with Gasteiger partial charge < -0.3 is 10.1 Å². The van der Waals surface area contributed by atoms with E-state index in [4.69, 9.17) is 27.9 Å². The number of ether oxygens (including phenoxy) is 1. The van der Waals surface area contributed by atoms with Gasteiger partial charge in [-0.2, -0.15) is 0 Å². The molecule has 0 fully saturated rings.